The maximum Gasteiger partial charge on any atom is 0.224 e. The normalized spacial score (nSPS) is 18.3. The Morgan fingerprint density at radius 2 is 1.75 bits per heavy atom. The van der Waals surface area contributed by atoms with E-state index in [2.05, 4.69) is 24.5 Å². The van der Waals surface area contributed by atoms with Crippen molar-refractivity contribution in [2.45, 2.75) is 110 Å². The van der Waals surface area contributed by atoms with Gasteiger partial charge in [-0.05, 0) is 57.1 Å². The molecule has 1 aromatic carbocycles. The van der Waals surface area contributed by atoms with Crippen molar-refractivity contribution in [1.29, 1.82) is 0 Å². The number of nitrogens with one attached hydrogen (secondary N) is 2. The third-order valence-corrected chi connectivity index (χ3v) is 11.0. The van der Waals surface area contributed by atoms with E-state index < -0.39 is 17.9 Å². The molecule has 0 saturated carbocycles. The standard InChI is InChI=1S/C37H54N4O6S/c1-5-28(42)20-27(22-33-39-24(4)35(48-33)23(2)3)37(45)41-34(25-13-17-46-18-14-25)31(43)21-26(10-8-9-16-38)36(44)40-30-15-19-47-32-12-7-6-11-29(30)32/h6-7,11-12,23,25-27,30,34H,5,8-10,13-22,38H2,1-4H3,(H,40,44)(H,41,45)/t26-,27+,30-,34+/m1/s1. The van der Waals surface area contributed by atoms with Crippen molar-refractivity contribution in [1.82, 2.24) is 15.6 Å². The van der Waals surface area contributed by atoms with E-state index in [1.54, 1.807) is 18.3 Å². The van der Waals surface area contributed by atoms with Gasteiger partial charge in [-0.1, -0.05) is 45.4 Å². The Kier molecular flexibility index (Phi) is 14.6. The molecule has 0 radical (unpaired) electrons. The van der Waals surface area contributed by atoms with Crippen LogP contribution < -0.4 is 21.1 Å². The molecule has 10 nitrogen and oxygen atoms in total. The molecule has 0 spiro atoms. The van der Waals surface area contributed by atoms with Crippen LogP contribution in [-0.2, 0) is 30.3 Å². The fourth-order valence-electron chi connectivity index (χ4n) is 6.77. The molecule has 0 bridgehead atoms. The summed E-state index contributed by atoms with van der Waals surface area (Å²) >= 11 is 1.59. The molecule has 0 aliphatic carbocycles. The number of fused-ring (bicyclic) bond motifs is 1. The van der Waals surface area contributed by atoms with E-state index in [1.165, 1.54) is 4.88 Å². The van der Waals surface area contributed by atoms with Gasteiger partial charge in [0.05, 0.1) is 35.3 Å². The second-order valence-electron chi connectivity index (χ2n) is 13.5. The Hall–Kier alpha value is -3.15. The van der Waals surface area contributed by atoms with Crippen LogP contribution in [0.25, 0.3) is 0 Å². The van der Waals surface area contributed by atoms with E-state index >= 15 is 0 Å². The number of aryl methyl sites for hydroxylation is 1. The predicted molar refractivity (Wildman–Crippen MR) is 187 cm³/mol. The predicted octanol–water partition coefficient (Wildman–Crippen LogP) is 5.36. The number of thiazole rings is 1. The molecule has 1 fully saturated rings. The van der Waals surface area contributed by atoms with Crippen molar-refractivity contribution in [2.75, 3.05) is 26.4 Å². The van der Waals surface area contributed by atoms with Gasteiger partial charge in [0.15, 0.2) is 5.78 Å². The number of hydrogen-bond acceptors (Lipinski definition) is 9. The second-order valence-corrected chi connectivity index (χ2v) is 14.6. The molecule has 3 heterocycles. The van der Waals surface area contributed by atoms with Gasteiger partial charge in [0.2, 0.25) is 11.8 Å². The van der Waals surface area contributed by atoms with Gasteiger partial charge in [-0.15, -0.1) is 11.3 Å². The topological polar surface area (TPSA) is 150 Å². The SMILES string of the molecule is CCC(=O)C[C@@H](Cc1nc(C)c(C(C)C)s1)C(=O)N[C@H](C(=O)C[C@@H](CCCCN)C(=O)N[C@@H]1CCOc2ccccc21)C1CCOCC1. The number of aromatic nitrogens is 1. The molecule has 2 amide bonds. The highest BCUT2D eigenvalue weighted by atomic mass is 32.1. The quantitative estimate of drug-likeness (QED) is 0.178. The smallest absolute Gasteiger partial charge is 0.224 e. The lowest BCUT2D eigenvalue weighted by molar-refractivity contribution is -0.136. The molecule has 4 N–H and O–H groups in total. The van der Waals surface area contributed by atoms with E-state index in [0.29, 0.717) is 77.2 Å². The van der Waals surface area contributed by atoms with Crippen LogP contribution in [0.5, 0.6) is 5.75 Å². The fourth-order valence-corrected chi connectivity index (χ4v) is 7.92. The minimum Gasteiger partial charge on any atom is -0.493 e. The zero-order chi connectivity index (χ0) is 34.6. The number of nitrogens with two attached hydrogens (primary N) is 1. The minimum absolute atomic E-state index is 0.00551. The molecule has 264 valence electrons. The zero-order valence-corrected chi connectivity index (χ0v) is 29.9. The number of Topliss-reactive ketones (excluding diaryl/α,β-unsaturated/α-hetero) is 2. The Labute approximate surface area is 289 Å². The molecule has 2 aliphatic rings. The summed E-state index contributed by atoms with van der Waals surface area (Å²) in [5.74, 6) is -0.921. The van der Waals surface area contributed by atoms with Crippen LogP contribution >= 0.6 is 11.3 Å². The summed E-state index contributed by atoms with van der Waals surface area (Å²) in [7, 11) is 0. The van der Waals surface area contributed by atoms with Gasteiger partial charge in [-0.3, -0.25) is 19.2 Å². The number of amides is 2. The van der Waals surface area contributed by atoms with Gasteiger partial charge in [-0.25, -0.2) is 4.98 Å². The van der Waals surface area contributed by atoms with Crippen LogP contribution in [0.1, 0.15) is 112 Å². The molecule has 2 aromatic rings. The van der Waals surface area contributed by atoms with Crippen LogP contribution in [-0.4, -0.2) is 60.8 Å². The molecule has 4 atom stereocenters. The molecule has 0 unspecified atom stereocenters. The van der Waals surface area contributed by atoms with Crippen molar-refractivity contribution in [3.63, 3.8) is 0 Å². The van der Waals surface area contributed by atoms with Crippen molar-refractivity contribution in [3.05, 3.63) is 45.4 Å². The van der Waals surface area contributed by atoms with E-state index in [4.69, 9.17) is 20.2 Å². The number of benzene rings is 1. The van der Waals surface area contributed by atoms with Gasteiger partial charge in [0.25, 0.3) is 0 Å². The minimum atomic E-state index is -0.779. The first-order valence-corrected chi connectivity index (χ1v) is 18.5. The molecule has 11 heteroatoms. The highest BCUT2D eigenvalue weighted by Crippen LogP contribution is 2.33. The van der Waals surface area contributed by atoms with Crippen molar-refractivity contribution in [2.24, 2.45) is 23.5 Å². The number of nitrogens with zero attached hydrogens (tertiary/aromatic N) is 1. The van der Waals surface area contributed by atoms with Crippen LogP contribution in [0, 0.1) is 24.7 Å². The number of ketones is 2. The van der Waals surface area contributed by atoms with E-state index in [-0.39, 0.29) is 48.2 Å². The first-order valence-electron chi connectivity index (χ1n) is 17.7. The van der Waals surface area contributed by atoms with Crippen molar-refractivity contribution in [3.8, 4) is 5.75 Å². The van der Waals surface area contributed by atoms with Gasteiger partial charge in [0, 0.05) is 61.7 Å². The Balaban J connectivity index is 1.53. The molecule has 48 heavy (non-hydrogen) atoms. The molecular weight excluding hydrogens is 628 g/mol. The first kappa shape index (κ1) is 37.7. The average molecular weight is 683 g/mol. The maximum absolute atomic E-state index is 14.2. The van der Waals surface area contributed by atoms with Crippen LogP contribution in [0.15, 0.2) is 24.3 Å². The van der Waals surface area contributed by atoms with Gasteiger partial charge in [-0.2, -0.15) is 0 Å². The maximum atomic E-state index is 14.2. The van der Waals surface area contributed by atoms with E-state index in [0.717, 1.165) is 28.4 Å². The third-order valence-electron chi connectivity index (χ3n) is 9.54. The van der Waals surface area contributed by atoms with E-state index in [9.17, 15) is 19.2 Å². The van der Waals surface area contributed by atoms with Crippen LogP contribution in [0.3, 0.4) is 0 Å². The number of carbonyl (C=O) groups is 4. The van der Waals surface area contributed by atoms with Gasteiger partial charge >= 0.3 is 0 Å². The zero-order valence-electron chi connectivity index (χ0n) is 29.1. The van der Waals surface area contributed by atoms with Gasteiger partial charge in [0.1, 0.15) is 11.5 Å². The van der Waals surface area contributed by atoms with Crippen molar-refractivity contribution < 1.29 is 28.7 Å². The highest BCUT2D eigenvalue weighted by Gasteiger charge is 2.36. The highest BCUT2D eigenvalue weighted by molar-refractivity contribution is 7.11. The summed E-state index contributed by atoms with van der Waals surface area (Å²) in [6.45, 7) is 10.0. The number of ether oxygens (including phenoxy) is 2. The molecule has 1 aromatic heterocycles. The Morgan fingerprint density at radius 3 is 2.44 bits per heavy atom. The third kappa shape index (κ3) is 10.4. The average Bonchev–Trinajstić information content (AvgIpc) is 3.46. The Morgan fingerprint density at radius 1 is 1.00 bits per heavy atom. The number of hydrogen-bond donors (Lipinski definition) is 3. The van der Waals surface area contributed by atoms with Crippen LogP contribution in [0.4, 0.5) is 0 Å². The summed E-state index contributed by atoms with van der Waals surface area (Å²) in [5.41, 5.74) is 7.66. The molecule has 2 aliphatic heterocycles. The lowest BCUT2D eigenvalue weighted by Crippen LogP contribution is -2.50. The number of carbonyl (C=O) groups excluding carboxylic acids is 4. The first-order chi connectivity index (χ1) is 23.1. The number of unbranched alkanes of at least 4 members (excludes halogenated alkanes) is 1. The molecule has 1 saturated heterocycles. The summed E-state index contributed by atoms with van der Waals surface area (Å²) < 4.78 is 11.4. The summed E-state index contributed by atoms with van der Waals surface area (Å²) in [6.07, 6.45) is 4.63. The fraction of sp³-hybridized carbons (Fsp3) is 0.649. The Bertz CT molecular complexity index is 1390. The second kappa shape index (κ2) is 18.6. The molecular formula is C37H54N4O6S. The summed E-state index contributed by atoms with van der Waals surface area (Å²) in [5, 5.41) is 7.12. The van der Waals surface area contributed by atoms with Crippen LogP contribution in [0.2, 0.25) is 0 Å². The lowest BCUT2D eigenvalue weighted by Gasteiger charge is -2.32. The molecule has 4 rings (SSSR count). The monoisotopic (exact) mass is 682 g/mol. The van der Waals surface area contributed by atoms with E-state index in [1.807, 2.05) is 31.2 Å². The number of para-hydroxylation sites is 1. The lowest BCUT2D eigenvalue weighted by atomic mass is 9.83. The summed E-state index contributed by atoms with van der Waals surface area (Å²) in [4.78, 5) is 60.7. The largest absolute Gasteiger partial charge is 0.493 e. The van der Waals surface area contributed by atoms with Gasteiger partial charge < -0.3 is 25.8 Å². The van der Waals surface area contributed by atoms with Crippen molar-refractivity contribution >= 4 is 34.7 Å². The number of rotatable bonds is 18. The summed E-state index contributed by atoms with van der Waals surface area (Å²) in [6, 6.07) is 6.71.